The van der Waals surface area contributed by atoms with Gasteiger partial charge in [0.1, 0.15) is 4.88 Å². The van der Waals surface area contributed by atoms with Crippen molar-refractivity contribution in [3.63, 3.8) is 0 Å². The molecular weight excluding hydrogens is 288 g/mol. The highest BCUT2D eigenvalue weighted by Gasteiger charge is 2.22. The molecule has 0 saturated heterocycles. The van der Waals surface area contributed by atoms with Gasteiger partial charge in [-0.3, -0.25) is 0 Å². The number of thiophene rings is 1. The largest absolute Gasteiger partial charge is 0.462 e. The Hall–Kier alpha value is -1.26. The first-order chi connectivity index (χ1) is 9.79. The van der Waals surface area contributed by atoms with E-state index in [9.17, 15) is 4.79 Å². The van der Waals surface area contributed by atoms with E-state index in [1.165, 1.54) is 32.2 Å². The van der Waals surface area contributed by atoms with E-state index in [4.69, 9.17) is 4.74 Å². The number of hydrogen-bond acceptors (Lipinski definition) is 4. The summed E-state index contributed by atoms with van der Waals surface area (Å²) in [5.74, 6) is 0.724. The van der Waals surface area contributed by atoms with Gasteiger partial charge in [-0.2, -0.15) is 0 Å². The zero-order valence-corrected chi connectivity index (χ0v) is 13.6. The highest BCUT2D eigenvalue weighted by atomic mass is 32.2. The maximum atomic E-state index is 11.8. The number of carbonyl (C=O) groups excluding carboxylic acids is 1. The van der Waals surface area contributed by atoms with E-state index in [2.05, 4.69) is 18.2 Å². The van der Waals surface area contributed by atoms with Crippen LogP contribution in [0.25, 0.3) is 10.4 Å². The van der Waals surface area contributed by atoms with Crippen molar-refractivity contribution in [2.24, 2.45) is 0 Å². The highest BCUT2D eigenvalue weighted by Crippen LogP contribution is 2.45. The summed E-state index contributed by atoms with van der Waals surface area (Å²) in [6.07, 6.45) is 0. The molecule has 20 heavy (non-hydrogen) atoms. The Bertz CT molecular complexity index is 602. The molecule has 2 heterocycles. The molecule has 0 bridgehead atoms. The van der Waals surface area contributed by atoms with E-state index in [1.807, 2.05) is 44.7 Å². The molecular formula is C16H18O2S2. The summed E-state index contributed by atoms with van der Waals surface area (Å²) < 4.78 is 5.06. The van der Waals surface area contributed by atoms with Crippen molar-refractivity contribution in [2.75, 3.05) is 6.61 Å². The van der Waals surface area contributed by atoms with Gasteiger partial charge in [0.2, 0.25) is 0 Å². The molecule has 0 saturated carbocycles. The fourth-order valence-corrected chi connectivity index (χ4v) is 4.31. The normalized spacial score (nSPS) is 11.8. The lowest BCUT2D eigenvalue weighted by atomic mass is 10.1. The molecule has 0 atom stereocenters. The maximum absolute atomic E-state index is 11.8. The fourth-order valence-electron chi connectivity index (χ4n) is 2.00. The van der Waals surface area contributed by atoms with Gasteiger partial charge in [0.05, 0.1) is 6.61 Å². The van der Waals surface area contributed by atoms with E-state index in [0.717, 1.165) is 5.75 Å². The first-order valence-electron chi connectivity index (χ1n) is 6.81. The molecule has 2 nitrogen and oxygen atoms in total. The van der Waals surface area contributed by atoms with Crippen molar-refractivity contribution in [1.82, 2.24) is 0 Å². The maximum Gasteiger partial charge on any atom is 0.348 e. The molecule has 1 aromatic heterocycles. The van der Waals surface area contributed by atoms with Crippen LogP contribution in [0.5, 0.6) is 0 Å². The van der Waals surface area contributed by atoms with Crippen molar-refractivity contribution in [3.8, 4) is 10.4 Å². The van der Waals surface area contributed by atoms with Crippen molar-refractivity contribution in [2.45, 2.75) is 31.4 Å². The Kier molecular flexibility index (Phi) is 5.26. The van der Waals surface area contributed by atoms with Gasteiger partial charge in [-0.25, -0.2) is 4.79 Å². The minimum atomic E-state index is -0.209. The average Bonchev–Trinajstić information content (AvgIpc) is 2.94. The van der Waals surface area contributed by atoms with Crippen LogP contribution in [0.4, 0.5) is 0 Å². The number of carbonyl (C=O) groups is 1. The molecule has 1 aliphatic rings. The van der Waals surface area contributed by atoms with E-state index >= 15 is 0 Å². The van der Waals surface area contributed by atoms with E-state index in [-0.39, 0.29) is 5.97 Å². The predicted molar refractivity (Wildman–Crippen MR) is 86.6 cm³/mol. The number of ether oxygens (including phenoxy) is 1. The molecule has 0 N–H and O–H groups in total. The topological polar surface area (TPSA) is 26.3 Å². The molecule has 2 aromatic rings. The summed E-state index contributed by atoms with van der Waals surface area (Å²) in [5, 5.41) is 0. The van der Waals surface area contributed by atoms with E-state index in [1.54, 1.807) is 0 Å². The summed E-state index contributed by atoms with van der Waals surface area (Å²) in [5.41, 5.74) is 2.48. The second-order valence-electron chi connectivity index (χ2n) is 3.97. The Morgan fingerprint density at radius 1 is 1.30 bits per heavy atom. The average molecular weight is 306 g/mol. The van der Waals surface area contributed by atoms with Crippen LogP contribution >= 0.6 is 23.1 Å². The molecule has 1 aromatic carbocycles. The van der Waals surface area contributed by atoms with Crippen LogP contribution in [0, 0.1) is 0 Å². The number of esters is 1. The molecule has 1 aliphatic heterocycles. The first-order valence-corrected chi connectivity index (χ1v) is 8.62. The van der Waals surface area contributed by atoms with E-state index in [0.29, 0.717) is 11.5 Å². The molecule has 3 rings (SSSR count). The summed E-state index contributed by atoms with van der Waals surface area (Å²) in [4.78, 5) is 15.0. The van der Waals surface area contributed by atoms with Gasteiger partial charge >= 0.3 is 5.97 Å². The minimum absolute atomic E-state index is 0.209. The van der Waals surface area contributed by atoms with Crippen molar-refractivity contribution >= 4 is 29.1 Å². The summed E-state index contributed by atoms with van der Waals surface area (Å²) in [6, 6.07) is 10.3. The van der Waals surface area contributed by atoms with Gasteiger partial charge in [0.25, 0.3) is 0 Å². The monoisotopic (exact) mass is 306 g/mol. The second kappa shape index (κ2) is 6.95. The third-order valence-corrected chi connectivity index (χ3v) is 5.11. The Balaban J connectivity index is 0.000000704. The van der Waals surface area contributed by atoms with Gasteiger partial charge in [-0.05, 0) is 24.6 Å². The number of fused-ring (bicyclic) bond motifs is 3. The zero-order valence-electron chi connectivity index (χ0n) is 11.9. The molecule has 0 aliphatic carbocycles. The Labute approximate surface area is 128 Å². The molecule has 0 radical (unpaired) electrons. The van der Waals surface area contributed by atoms with Crippen LogP contribution in [0.15, 0.2) is 35.2 Å². The van der Waals surface area contributed by atoms with Crippen molar-refractivity contribution in [1.29, 1.82) is 0 Å². The van der Waals surface area contributed by atoms with Gasteiger partial charge < -0.3 is 4.74 Å². The standard InChI is InChI=1S/C14H12O2S2.C2H6/c1-2-16-14(15)12-7-9-8-17-11-6-4-3-5-10(11)13(9)18-12;1-2/h3-7H,2,8H2,1H3;1-2H3. The number of thioether (sulfide) groups is 1. The Morgan fingerprint density at radius 2 is 2.05 bits per heavy atom. The van der Waals surface area contributed by atoms with Crippen LogP contribution in [0.1, 0.15) is 36.0 Å². The summed E-state index contributed by atoms with van der Waals surface area (Å²) in [6.45, 7) is 6.25. The third kappa shape index (κ3) is 2.91. The molecule has 0 spiro atoms. The number of rotatable bonds is 2. The lowest BCUT2D eigenvalue weighted by Crippen LogP contribution is -2.01. The van der Waals surface area contributed by atoms with Crippen LogP contribution in [0.3, 0.4) is 0 Å². The lowest BCUT2D eigenvalue weighted by molar-refractivity contribution is 0.0532. The predicted octanol–water partition coefficient (Wildman–Crippen LogP) is 5.22. The lowest BCUT2D eigenvalue weighted by Gasteiger charge is -2.14. The SMILES string of the molecule is CC.CCOC(=O)c1cc2c(s1)-c1ccccc1SC2. The van der Waals surface area contributed by atoms with Gasteiger partial charge in [-0.1, -0.05) is 32.0 Å². The molecule has 0 amide bonds. The second-order valence-corrected chi connectivity index (χ2v) is 6.04. The van der Waals surface area contributed by atoms with Crippen molar-refractivity contribution < 1.29 is 9.53 Å². The minimum Gasteiger partial charge on any atom is -0.462 e. The molecule has 0 fully saturated rings. The van der Waals surface area contributed by atoms with E-state index < -0.39 is 0 Å². The van der Waals surface area contributed by atoms with Crippen LogP contribution in [-0.4, -0.2) is 12.6 Å². The van der Waals surface area contributed by atoms with Crippen LogP contribution < -0.4 is 0 Å². The quantitative estimate of drug-likeness (QED) is 0.711. The number of benzene rings is 1. The van der Waals surface area contributed by atoms with Gasteiger partial charge in [0, 0.05) is 21.1 Å². The molecule has 106 valence electrons. The first kappa shape index (κ1) is 15.1. The van der Waals surface area contributed by atoms with Crippen LogP contribution in [0.2, 0.25) is 0 Å². The van der Waals surface area contributed by atoms with Gasteiger partial charge in [-0.15, -0.1) is 23.1 Å². The zero-order chi connectivity index (χ0) is 14.5. The van der Waals surface area contributed by atoms with Crippen LogP contribution in [-0.2, 0) is 10.5 Å². The number of hydrogen-bond donors (Lipinski definition) is 0. The Morgan fingerprint density at radius 3 is 2.80 bits per heavy atom. The fraction of sp³-hybridized carbons (Fsp3) is 0.312. The smallest absolute Gasteiger partial charge is 0.348 e. The highest BCUT2D eigenvalue weighted by molar-refractivity contribution is 7.98. The summed E-state index contributed by atoms with van der Waals surface area (Å²) in [7, 11) is 0. The molecule has 4 heteroatoms. The summed E-state index contributed by atoms with van der Waals surface area (Å²) >= 11 is 3.36. The van der Waals surface area contributed by atoms with Crippen molar-refractivity contribution in [3.05, 3.63) is 40.8 Å². The van der Waals surface area contributed by atoms with Gasteiger partial charge in [0.15, 0.2) is 0 Å². The molecule has 0 unspecified atom stereocenters. The third-order valence-electron chi connectivity index (χ3n) is 2.80.